The van der Waals surface area contributed by atoms with Gasteiger partial charge in [-0.3, -0.25) is 14.0 Å². The maximum atomic E-state index is 12.0. The van der Waals surface area contributed by atoms with Crippen molar-refractivity contribution in [3.05, 3.63) is 33.7 Å². The van der Waals surface area contributed by atoms with Gasteiger partial charge in [0, 0.05) is 44.5 Å². The zero-order valence-electron chi connectivity index (χ0n) is 11.5. The van der Waals surface area contributed by atoms with Crippen molar-refractivity contribution in [1.29, 1.82) is 0 Å². The molecule has 0 aromatic carbocycles. The van der Waals surface area contributed by atoms with Crippen molar-refractivity contribution in [3.63, 3.8) is 0 Å². The number of halogens is 1. The van der Waals surface area contributed by atoms with Crippen LogP contribution in [0.5, 0.6) is 0 Å². The number of nitrogens with zero attached hydrogens (tertiary/aromatic N) is 2. The number of carbonyl (C=O) groups excluding carboxylic acids is 1. The summed E-state index contributed by atoms with van der Waals surface area (Å²) in [6.45, 7) is 2.39. The van der Waals surface area contributed by atoms with E-state index in [4.69, 9.17) is 4.74 Å². The van der Waals surface area contributed by atoms with E-state index in [1.54, 1.807) is 18.7 Å². The fraction of sp³-hybridized carbons (Fsp3) is 0.417. The van der Waals surface area contributed by atoms with Crippen LogP contribution in [0.25, 0.3) is 4.96 Å². The molecule has 0 radical (unpaired) electrons. The number of amides is 1. The summed E-state index contributed by atoms with van der Waals surface area (Å²) in [6, 6.07) is 0. The highest BCUT2D eigenvalue weighted by molar-refractivity contribution is 7.15. The molecule has 9 heteroatoms. The third-order valence-corrected chi connectivity index (χ3v) is 3.43. The van der Waals surface area contributed by atoms with Crippen LogP contribution in [0, 0.1) is 0 Å². The molecular formula is C12H17ClN4O3S. The van der Waals surface area contributed by atoms with E-state index >= 15 is 0 Å². The summed E-state index contributed by atoms with van der Waals surface area (Å²) in [5.41, 5.74) is -0.293. The number of fused-ring (bicyclic) bond motifs is 1. The van der Waals surface area contributed by atoms with Crippen molar-refractivity contribution in [1.82, 2.24) is 20.0 Å². The first-order chi connectivity index (χ1) is 9.74. The van der Waals surface area contributed by atoms with Gasteiger partial charge in [0.15, 0.2) is 4.96 Å². The van der Waals surface area contributed by atoms with E-state index in [-0.39, 0.29) is 23.5 Å². The molecule has 0 saturated carbocycles. The highest BCUT2D eigenvalue weighted by Crippen LogP contribution is 2.05. The highest BCUT2D eigenvalue weighted by Gasteiger charge is 2.12. The molecule has 0 aliphatic rings. The molecule has 0 saturated heterocycles. The predicted molar refractivity (Wildman–Crippen MR) is 83.7 cm³/mol. The molecule has 7 nitrogen and oxygen atoms in total. The summed E-state index contributed by atoms with van der Waals surface area (Å²) < 4.78 is 6.26. The standard InChI is InChI=1S/C12H16N4O3S.ClH/c1-19-6-4-13-2-3-14-10(17)9-8-15-12-16(11(9)18)5-7-20-12;/h5,7-8,13H,2-4,6H2,1H3,(H,14,17);1H. The van der Waals surface area contributed by atoms with E-state index in [2.05, 4.69) is 15.6 Å². The van der Waals surface area contributed by atoms with Gasteiger partial charge >= 0.3 is 0 Å². The lowest BCUT2D eigenvalue weighted by Gasteiger charge is -2.06. The summed E-state index contributed by atoms with van der Waals surface area (Å²) in [5, 5.41) is 7.53. The number of hydrogen-bond acceptors (Lipinski definition) is 6. The molecule has 116 valence electrons. The largest absolute Gasteiger partial charge is 0.383 e. The van der Waals surface area contributed by atoms with Crippen LogP contribution >= 0.6 is 23.7 Å². The Balaban J connectivity index is 0.00000220. The summed E-state index contributed by atoms with van der Waals surface area (Å²) in [7, 11) is 1.63. The molecule has 21 heavy (non-hydrogen) atoms. The lowest BCUT2D eigenvalue weighted by atomic mass is 10.3. The van der Waals surface area contributed by atoms with Crippen LogP contribution in [-0.4, -0.2) is 48.6 Å². The van der Waals surface area contributed by atoms with Gasteiger partial charge in [-0.25, -0.2) is 4.98 Å². The second-order valence-electron chi connectivity index (χ2n) is 4.03. The molecule has 2 rings (SSSR count). The molecule has 0 aliphatic heterocycles. The van der Waals surface area contributed by atoms with Crippen molar-refractivity contribution in [2.75, 3.05) is 33.4 Å². The number of methoxy groups -OCH3 is 1. The Labute approximate surface area is 131 Å². The van der Waals surface area contributed by atoms with Crippen molar-refractivity contribution < 1.29 is 9.53 Å². The van der Waals surface area contributed by atoms with E-state index in [1.165, 1.54) is 21.9 Å². The Morgan fingerprint density at radius 1 is 1.43 bits per heavy atom. The van der Waals surface area contributed by atoms with Crippen LogP contribution in [0.2, 0.25) is 0 Å². The monoisotopic (exact) mass is 332 g/mol. The summed E-state index contributed by atoms with van der Waals surface area (Å²) >= 11 is 1.35. The fourth-order valence-electron chi connectivity index (χ4n) is 1.64. The summed E-state index contributed by atoms with van der Waals surface area (Å²) in [5.74, 6) is -0.406. The smallest absolute Gasteiger partial charge is 0.271 e. The molecule has 2 N–H and O–H groups in total. The Morgan fingerprint density at radius 2 is 2.24 bits per heavy atom. The fourth-order valence-corrected chi connectivity index (χ4v) is 2.31. The van der Waals surface area contributed by atoms with Gasteiger partial charge in [0.1, 0.15) is 5.56 Å². The van der Waals surface area contributed by atoms with Crippen molar-refractivity contribution in [2.45, 2.75) is 0 Å². The first kappa shape index (κ1) is 17.6. The van der Waals surface area contributed by atoms with Crippen molar-refractivity contribution in [2.24, 2.45) is 0 Å². The minimum absolute atomic E-state index is 0. The molecule has 2 aromatic heterocycles. The minimum atomic E-state index is -0.406. The summed E-state index contributed by atoms with van der Waals surface area (Å²) in [6.07, 6.45) is 2.93. The van der Waals surface area contributed by atoms with Crippen molar-refractivity contribution in [3.8, 4) is 0 Å². The highest BCUT2D eigenvalue weighted by atomic mass is 35.5. The predicted octanol–water partition coefficient (Wildman–Crippen LogP) is 0.144. The van der Waals surface area contributed by atoms with Gasteiger partial charge in [-0.15, -0.1) is 23.7 Å². The number of carbonyl (C=O) groups is 1. The van der Waals surface area contributed by atoms with Gasteiger partial charge < -0.3 is 15.4 Å². The number of ether oxygens (including phenoxy) is 1. The molecule has 0 spiro atoms. The number of nitrogens with one attached hydrogen (secondary N) is 2. The Hall–Kier alpha value is -1.48. The molecule has 1 amide bonds. The molecule has 0 aliphatic carbocycles. The molecule has 0 fully saturated rings. The zero-order chi connectivity index (χ0) is 14.4. The van der Waals surface area contributed by atoms with Gasteiger partial charge in [0.2, 0.25) is 0 Å². The van der Waals surface area contributed by atoms with Crippen LogP contribution in [-0.2, 0) is 4.74 Å². The van der Waals surface area contributed by atoms with Gasteiger partial charge in [-0.05, 0) is 0 Å². The Morgan fingerprint density at radius 3 is 3.00 bits per heavy atom. The number of rotatable bonds is 7. The second kappa shape index (κ2) is 8.73. The van der Waals surface area contributed by atoms with E-state index in [9.17, 15) is 9.59 Å². The third kappa shape index (κ3) is 4.50. The Bertz CT molecular complexity index is 643. The maximum Gasteiger partial charge on any atom is 0.271 e. The average molecular weight is 333 g/mol. The molecular weight excluding hydrogens is 316 g/mol. The van der Waals surface area contributed by atoms with Crippen LogP contribution in [0.3, 0.4) is 0 Å². The van der Waals surface area contributed by atoms with Gasteiger partial charge in [-0.2, -0.15) is 0 Å². The van der Waals surface area contributed by atoms with Gasteiger partial charge in [0.25, 0.3) is 11.5 Å². The van der Waals surface area contributed by atoms with E-state index in [1.807, 2.05) is 0 Å². The molecule has 2 heterocycles. The van der Waals surface area contributed by atoms with Gasteiger partial charge in [-0.1, -0.05) is 0 Å². The van der Waals surface area contributed by atoms with Gasteiger partial charge in [0.05, 0.1) is 6.61 Å². The number of thiazole rings is 1. The Kier molecular flexibility index (Phi) is 7.30. The van der Waals surface area contributed by atoms with Crippen molar-refractivity contribution >= 4 is 34.6 Å². The maximum absolute atomic E-state index is 12.0. The summed E-state index contributed by atoms with van der Waals surface area (Å²) in [4.78, 5) is 28.6. The van der Waals surface area contributed by atoms with E-state index < -0.39 is 5.91 Å². The third-order valence-electron chi connectivity index (χ3n) is 2.66. The van der Waals surface area contributed by atoms with Crippen LogP contribution in [0.4, 0.5) is 0 Å². The number of hydrogen-bond donors (Lipinski definition) is 2. The second-order valence-corrected chi connectivity index (χ2v) is 4.90. The lowest BCUT2D eigenvalue weighted by Crippen LogP contribution is -2.36. The molecule has 0 bridgehead atoms. The first-order valence-electron chi connectivity index (χ1n) is 6.16. The number of aromatic nitrogens is 2. The quantitative estimate of drug-likeness (QED) is 0.705. The molecule has 2 aromatic rings. The first-order valence-corrected chi connectivity index (χ1v) is 7.04. The normalized spacial score (nSPS) is 10.3. The molecule has 0 atom stereocenters. The van der Waals surface area contributed by atoms with E-state index in [0.29, 0.717) is 24.7 Å². The van der Waals surface area contributed by atoms with Crippen LogP contribution in [0.15, 0.2) is 22.6 Å². The van der Waals surface area contributed by atoms with Crippen LogP contribution < -0.4 is 16.2 Å². The lowest BCUT2D eigenvalue weighted by molar-refractivity contribution is 0.0951. The van der Waals surface area contributed by atoms with Crippen LogP contribution in [0.1, 0.15) is 10.4 Å². The van der Waals surface area contributed by atoms with E-state index in [0.717, 1.165) is 6.54 Å². The average Bonchev–Trinajstić information content (AvgIpc) is 2.92. The SMILES string of the molecule is COCCNCCNC(=O)c1cnc2sccn2c1=O.Cl. The zero-order valence-corrected chi connectivity index (χ0v) is 13.1. The molecule has 0 unspecified atom stereocenters. The minimum Gasteiger partial charge on any atom is -0.383 e. The topological polar surface area (TPSA) is 84.7 Å².